The predicted octanol–water partition coefficient (Wildman–Crippen LogP) is 3.65. The number of aryl methyl sites for hydroxylation is 1. The lowest BCUT2D eigenvalue weighted by Gasteiger charge is -2.26. The highest BCUT2D eigenvalue weighted by atomic mass is 16.5. The maximum Gasteiger partial charge on any atom is 0.260 e. The Kier molecular flexibility index (Phi) is 7.38. The molecule has 162 valence electrons. The van der Waals surface area contributed by atoms with E-state index in [1.165, 1.54) is 6.42 Å². The molecule has 1 saturated heterocycles. The Labute approximate surface area is 177 Å². The fourth-order valence-electron chi connectivity index (χ4n) is 3.50. The van der Waals surface area contributed by atoms with Crippen LogP contribution in [0.25, 0.3) is 0 Å². The van der Waals surface area contributed by atoms with Crippen molar-refractivity contribution in [1.29, 1.82) is 0 Å². The van der Waals surface area contributed by atoms with Gasteiger partial charge >= 0.3 is 0 Å². The van der Waals surface area contributed by atoms with Crippen molar-refractivity contribution in [2.24, 2.45) is 0 Å². The second-order valence-corrected chi connectivity index (χ2v) is 7.50. The summed E-state index contributed by atoms with van der Waals surface area (Å²) in [4.78, 5) is 28.6. The number of carbonyl (C=O) groups excluding carboxylic acids is 2. The Balaban J connectivity index is 1.65. The third-order valence-corrected chi connectivity index (χ3v) is 5.09. The minimum atomic E-state index is -0.152. The van der Waals surface area contributed by atoms with Crippen molar-refractivity contribution in [2.75, 3.05) is 33.4 Å². The van der Waals surface area contributed by atoms with Crippen LogP contribution >= 0.6 is 0 Å². The molecule has 0 N–H and O–H groups in total. The molecule has 0 aliphatic carbocycles. The number of ether oxygens (including phenoxy) is 2. The molecule has 0 bridgehead atoms. The van der Waals surface area contributed by atoms with Crippen LogP contribution in [0.1, 0.15) is 48.1 Å². The third-order valence-electron chi connectivity index (χ3n) is 5.09. The Morgan fingerprint density at radius 3 is 2.50 bits per heavy atom. The van der Waals surface area contributed by atoms with Crippen molar-refractivity contribution in [3.63, 3.8) is 0 Å². The lowest BCUT2D eigenvalue weighted by molar-refractivity contribution is -0.134. The zero-order chi connectivity index (χ0) is 21.5. The molecule has 1 aromatic heterocycles. The van der Waals surface area contributed by atoms with E-state index in [1.807, 2.05) is 30.9 Å². The summed E-state index contributed by atoms with van der Waals surface area (Å²) in [6.45, 7) is 6.07. The van der Waals surface area contributed by atoms with Crippen LogP contribution in [0.5, 0.6) is 11.5 Å². The standard InChI is InChI=1S/C23H30N2O5/c1-4-28-21-14-18(23(27)24(3)15-19-10-8-17(2)30-19)9-11-20(21)29-16-22(26)25-12-6-5-7-13-25/h8-11,14H,4-7,12-13,15-16H2,1-3H3. The van der Waals surface area contributed by atoms with Crippen molar-refractivity contribution in [1.82, 2.24) is 9.80 Å². The molecule has 30 heavy (non-hydrogen) atoms. The number of carbonyl (C=O) groups is 2. The molecule has 2 heterocycles. The number of amides is 2. The van der Waals surface area contributed by atoms with Gasteiger partial charge in [0.1, 0.15) is 11.5 Å². The van der Waals surface area contributed by atoms with Gasteiger partial charge in [-0.3, -0.25) is 9.59 Å². The van der Waals surface area contributed by atoms with Gasteiger partial charge in [-0.2, -0.15) is 0 Å². The molecular formula is C23H30N2O5. The molecule has 7 heteroatoms. The maximum absolute atomic E-state index is 12.8. The monoisotopic (exact) mass is 414 g/mol. The number of hydrogen-bond donors (Lipinski definition) is 0. The zero-order valence-electron chi connectivity index (χ0n) is 18.0. The fourth-order valence-corrected chi connectivity index (χ4v) is 3.50. The van der Waals surface area contributed by atoms with Gasteiger partial charge in [0, 0.05) is 25.7 Å². The van der Waals surface area contributed by atoms with Crippen molar-refractivity contribution in [3.05, 3.63) is 47.4 Å². The van der Waals surface area contributed by atoms with Crippen LogP contribution in [-0.2, 0) is 11.3 Å². The van der Waals surface area contributed by atoms with E-state index in [1.54, 1.807) is 30.1 Å². The summed E-state index contributed by atoms with van der Waals surface area (Å²) in [7, 11) is 1.72. The summed E-state index contributed by atoms with van der Waals surface area (Å²) in [5.41, 5.74) is 0.485. The van der Waals surface area contributed by atoms with Crippen LogP contribution in [0.2, 0.25) is 0 Å². The number of likely N-dealkylation sites (tertiary alicyclic amines) is 1. The van der Waals surface area contributed by atoms with E-state index in [9.17, 15) is 9.59 Å². The second-order valence-electron chi connectivity index (χ2n) is 7.50. The number of piperidine rings is 1. The van der Waals surface area contributed by atoms with Gasteiger partial charge < -0.3 is 23.7 Å². The average Bonchev–Trinajstić information content (AvgIpc) is 3.17. The first kappa shape index (κ1) is 21.7. The predicted molar refractivity (Wildman–Crippen MR) is 113 cm³/mol. The van der Waals surface area contributed by atoms with E-state index in [0.717, 1.165) is 37.5 Å². The van der Waals surface area contributed by atoms with Crippen molar-refractivity contribution >= 4 is 11.8 Å². The minimum Gasteiger partial charge on any atom is -0.490 e. The molecular weight excluding hydrogens is 384 g/mol. The van der Waals surface area contributed by atoms with Gasteiger partial charge in [-0.15, -0.1) is 0 Å². The first-order valence-corrected chi connectivity index (χ1v) is 10.5. The van der Waals surface area contributed by atoms with Gasteiger partial charge in [0.25, 0.3) is 11.8 Å². The summed E-state index contributed by atoms with van der Waals surface area (Å²) in [6, 6.07) is 8.78. The van der Waals surface area contributed by atoms with E-state index < -0.39 is 0 Å². The highest BCUT2D eigenvalue weighted by molar-refractivity contribution is 5.94. The quantitative estimate of drug-likeness (QED) is 0.659. The largest absolute Gasteiger partial charge is 0.490 e. The Hall–Kier alpha value is -2.96. The molecule has 0 radical (unpaired) electrons. The SMILES string of the molecule is CCOc1cc(C(=O)N(C)Cc2ccc(C)o2)ccc1OCC(=O)N1CCCCC1. The average molecular weight is 415 g/mol. The van der Waals surface area contributed by atoms with Crippen molar-refractivity contribution in [2.45, 2.75) is 39.7 Å². The number of nitrogens with zero attached hydrogens (tertiary/aromatic N) is 2. The molecule has 0 saturated carbocycles. The zero-order valence-corrected chi connectivity index (χ0v) is 18.0. The summed E-state index contributed by atoms with van der Waals surface area (Å²) in [5, 5.41) is 0. The number of benzene rings is 1. The molecule has 3 rings (SSSR count). The molecule has 2 aromatic rings. The lowest BCUT2D eigenvalue weighted by Crippen LogP contribution is -2.38. The van der Waals surface area contributed by atoms with Gasteiger partial charge in [0.2, 0.25) is 0 Å². The van der Waals surface area contributed by atoms with Gasteiger partial charge in [0.15, 0.2) is 18.1 Å². The maximum atomic E-state index is 12.8. The molecule has 0 atom stereocenters. The first-order chi connectivity index (χ1) is 14.5. The van der Waals surface area contributed by atoms with Crippen LogP contribution in [0.15, 0.2) is 34.7 Å². The van der Waals surface area contributed by atoms with E-state index >= 15 is 0 Å². The third kappa shape index (κ3) is 5.55. The van der Waals surface area contributed by atoms with Crippen LogP contribution in [0.4, 0.5) is 0 Å². The van der Waals surface area contributed by atoms with E-state index in [2.05, 4.69) is 0 Å². The first-order valence-electron chi connectivity index (χ1n) is 10.5. The number of hydrogen-bond acceptors (Lipinski definition) is 5. The Morgan fingerprint density at radius 1 is 1.07 bits per heavy atom. The molecule has 2 amide bonds. The summed E-state index contributed by atoms with van der Waals surface area (Å²) >= 11 is 0. The van der Waals surface area contributed by atoms with Crippen molar-refractivity contribution < 1.29 is 23.5 Å². The van der Waals surface area contributed by atoms with Gasteiger partial charge in [-0.05, 0) is 63.4 Å². The summed E-state index contributed by atoms with van der Waals surface area (Å²) in [5.74, 6) is 2.28. The molecule has 1 aromatic carbocycles. The molecule has 0 spiro atoms. The number of rotatable bonds is 8. The van der Waals surface area contributed by atoms with E-state index in [-0.39, 0.29) is 18.4 Å². The normalized spacial score (nSPS) is 13.8. The highest BCUT2D eigenvalue weighted by Gasteiger charge is 2.19. The van der Waals surface area contributed by atoms with Crippen LogP contribution < -0.4 is 9.47 Å². The molecule has 1 fully saturated rings. The van der Waals surface area contributed by atoms with Crippen LogP contribution in [0, 0.1) is 6.92 Å². The van der Waals surface area contributed by atoms with Crippen LogP contribution in [0.3, 0.4) is 0 Å². The summed E-state index contributed by atoms with van der Waals surface area (Å²) in [6.07, 6.45) is 3.25. The number of furan rings is 1. The molecule has 0 unspecified atom stereocenters. The van der Waals surface area contributed by atoms with Crippen molar-refractivity contribution in [3.8, 4) is 11.5 Å². The van der Waals surface area contributed by atoms with Gasteiger partial charge in [-0.25, -0.2) is 0 Å². The highest BCUT2D eigenvalue weighted by Crippen LogP contribution is 2.29. The minimum absolute atomic E-state index is 0.0224. The smallest absolute Gasteiger partial charge is 0.260 e. The van der Waals surface area contributed by atoms with E-state index in [0.29, 0.717) is 30.2 Å². The van der Waals surface area contributed by atoms with Gasteiger partial charge in [-0.1, -0.05) is 0 Å². The van der Waals surface area contributed by atoms with E-state index in [4.69, 9.17) is 13.9 Å². The molecule has 1 aliphatic heterocycles. The molecule has 7 nitrogen and oxygen atoms in total. The molecule has 1 aliphatic rings. The second kappa shape index (κ2) is 10.2. The summed E-state index contributed by atoms with van der Waals surface area (Å²) < 4.78 is 17.0. The van der Waals surface area contributed by atoms with Gasteiger partial charge in [0.05, 0.1) is 13.2 Å². The fraction of sp³-hybridized carbons (Fsp3) is 0.478. The van der Waals surface area contributed by atoms with Crippen LogP contribution in [-0.4, -0.2) is 55.0 Å². The Morgan fingerprint density at radius 2 is 1.83 bits per heavy atom. The lowest BCUT2D eigenvalue weighted by atomic mass is 10.1. The topological polar surface area (TPSA) is 72.2 Å². The Bertz CT molecular complexity index is 870.